The Labute approximate surface area is 68.7 Å². The lowest BCUT2D eigenvalue weighted by Gasteiger charge is -2.18. The van der Waals surface area contributed by atoms with Crippen LogP contribution in [-0.2, 0) is 4.79 Å². The van der Waals surface area contributed by atoms with Gasteiger partial charge >= 0.3 is 0 Å². The van der Waals surface area contributed by atoms with Gasteiger partial charge in [-0.25, -0.2) is 5.01 Å². The summed E-state index contributed by atoms with van der Waals surface area (Å²) in [6.07, 6.45) is 0. The molecule has 11 heavy (non-hydrogen) atoms. The van der Waals surface area contributed by atoms with E-state index in [2.05, 4.69) is 5.43 Å². The lowest BCUT2D eigenvalue weighted by atomic mass is 9.98. The summed E-state index contributed by atoms with van der Waals surface area (Å²) in [6, 6.07) is 0. The van der Waals surface area contributed by atoms with Gasteiger partial charge in [-0.05, 0) is 5.92 Å². The number of nitrogens with one attached hydrogen (secondary N) is 1. The average molecular weight is 158 g/mol. The lowest BCUT2D eigenvalue weighted by molar-refractivity contribution is -0.129. The molecule has 0 aliphatic carbocycles. The van der Waals surface area contributed by atoms with Gasteiger partial charge in [-0.2, -0.15) is 0 Å². The highest BCUT2D eigenvalue weighted by molar-refractivity contribution is 5.77. The number of nitrogens with zero attached hydrogens (tertiary/aromatic N) is 1. The van der Waals surface area contributed by atoms with Gasteiger partial charge in [0.2, 0.25) is 5.91 Å². The van der Waals surface area contributed by atoms with E-state index >= 15 is 0 Å². The summed E-state index contributed by atoms with van der Waals surface area (Å²) in [7, 11) is 3.62. The van der Waals surface area contributed by atoms with E-state index in [0.29, 0.717) is 5.92 Å². The van der Waals surface area contributed by atoms with Gasteiger partial charge in [-0.3, -0.25) is 10.2 Å². The van der Waals surface area contributed by atoms with E-state index in [-0.39, 0.29) is 11.8 Å². The summed E-state index contributed by atoms with van der Waals surface area (Å²) in [5.41, 5.74) is 2.72. The van der Waals surface area contributed by atoms with Crippen molar-refractivity contribution in [2.45, 2.75) is 20.8 Å². The Bertz CT molecular complexity index is 132. The van der Waals surface area contributed by atoms with Crippen molar-refractivity contribution in [1.82, 2.24) is 10.4 Å². The lowest BCUT2D eigenvalue weighted by Crippen LogP contribution is -2.40. The summed E-state index contributed by atoms with van der Waals surface area (Å²) in [5, 5.41) is 1.67. The van der Waals surface area contributed by atoms with Crippen molar-refractivity contribution in [3.05, 3.63) is 0 Å². The normalized spacial score (nSPS) is 13.7. The number of carbonyl (C=O) groups excluding carboxylic acids is 1. The van der Waals surface area contributed by atoms with E-state index in [9.17, 15) is 4.79 Å². The van der Waals surface area contributed by atoms with Crippen molar-refractivity contribution >= 4 is 5.91 Å². The minimum atomic E-state index is 0.0809. The highest BCUT2D eigenvalue weighted by atomic mass is 16.2. The molecule has 0 aliphatic heterocycles. The van der Waals surface area contributed by atoms with Gasteiger partial charge in [0.1, 0.15) is 0 Å². The molecule has 1 amide bonds. The van der Waals surface area contributed by atoms with Crippen molar-refractivity contribution in [3.8, 4) is 0 Å². The van der Waals surface area contributed by atoms with Crippen LogP contribution >= 0.6 is 0 Å². The molecule has 1 unspecified atom stereocenters. The van der Waals surface area contributed by atoms with Crippen LogP contribution in [0.15, 0.2) is 0 Å². The summed E-state index contributed by atoms with van der Waals surface area (Å²) in [5.74, 6) is 0.567. The molecule has 0 radical (unpaired) electrons. The first-order valence-corrected chi connectivity index (χ1v) is 3.93. The second kappa shape index (κ2) is 4.34. The molecule has 0 saturated carbocycles. The van der Waals surface area contributed by atoms with Gasteiger partial charge < -0.3 is 0 Å². The van der Waals surface area contributed by atoms with Crippen molar-refractivity contribution in [3.63, 3.8) is 0 Å². The van der Waals surface area contributed by atoms with Gasteiger partial charge in [0, 0.05) is 20.0 Å². The van der Waals surface area contributed by atoms with Crippen LogP contribution in [0.1, 0.15) is 20.8 Å². The topological polar surface area (TPSA) is 32.3 Å². The first-order chi connectivity index (χ1) is 4.95. The van der Waals surface area contributed by atoms with Crippen LogP contribution in [0.2, 0.25) is 0 Å². The Kier molecular flexibility index (Phi) is 4.11. The molecule has 0 aromatic heterocycles. The molecule has 0 aromatic rings. The average Bonchev–Trinajstić information content (AvgIpc) is 1.84. The quantitative estimate of drug-likeness (QED) is 0.618. The summed E-state index contributed by atoms with van der Waals surface area (Å²) >= 11 is 0. The van der Waals surface area contributed by atoms with Crippen LogP contribution in [0.3, 0.4) is 0 Å². The fourth-order valence-corrected chi connectivity index (χ4v) is 0.625. The van der Waals surface area contributed by atoms with Crippen molar-refractivity contribution in [2.24, 2.45) is 11.8 Å². The number of hydrogen-bond acceptors (Lipinski definition) is 2. The Morgan fingerprint density at radius 1 is 1.27 bits per heavy atom. The first kappa shape index (κ1) is 10.4. The van der Waals surface area contributed by atoms with Crippen LogP contribution in [0, 0.1) is 11.8 Å². The second-order valence-corrected chi connectivity index (χ2v) is 3.40. The molecule has 3 heteroatoms. The molecule has 66 valence electrons. The summed E-state index contributed by atoms with van der Waals surface area (Å²) < 4.78 is 0. The molecule has 0 aromatic carbocycles. The summed E-state index contributed by atoms with van der Waals surface area (Å²) in [4.78, 5) is 11.2. The minimum absolute atomic E-state index is 0.0809. The van der Waals surface area contributed by atoms with Crippen molar-refractivity contribution in [2.75, 3.05) is 14.1 Å². The first-order valence-electron chi connectivity index (χ1n) is 3.93. The largest absolute Gasteiger partial charge is 0.289 e. The Morgan fingerprint density at radius 3 is 2.00 bits per heavy atom. The zero-order chi connectivity index (χ0) is 9.02. The fourth-order valence-electron chi connectivity index (χ4n) is 0.625. The predicted molar refractivity (Wildman–Crippen MR) is 45.8 cm³/mol. The fraction of sp³-hybridized carbons (Fsp3) is 0.875. The van der Waals surface area contributed by atoms with E-state index in [4.69, 9.17) is 0 Å². The molecular formula is C8H18N2O. The molecule has 0 aliphatic rings. The van der Waals surface area contributed by atoms with Gasteiger partial charge in [0.15, 0.2) is 0 Å². The van der Waals surface area contributed by atoms with Crippen molar-refractivity contribution in [1.29, 1.82) is 0 Å². The van der Waals surface area contributed by atoms with E-state index < -0.39 is 0 Å². The zero-order valence-electron chi connectivity index (χ0n) is 8.01. The Hall–Kier alpha value is -0.570. The van der Waals surface area contributed by atoms with Crippen LogP contribution < -0.4 is 5.43 Å². The molecule has 0 rings (SSSR count). The third-order valence-corrected chi connectivity index (χ3v) is 1.75. The monoisotopic (exact) mass is 158 g/mol. The maximum absolute atomic E-state index is 11.2. The van der Waals surface area contributed by atoms with Gasteiger partial charge in [0.05, 0.1) is 0 Å². The zero-order valence-corrected chi connectivity index (χ0v) is 8.01. The number of hydrogen-bond donors (Lipinski definition) is 1. The second-order valence-electron chi connectivity index (χ2n) is 3.40. The van der Waals surface area contributed by atoms with Crippen LogP contribution in [-0.4, -0.2) is 25.0 Å². The highest BCUT2D eigenvalue weighted by Crippen LogP contribution is 2.08. The maximum Gasteiger partial charge on any atom is 0.237 e. The van der Waals surface area contributed by atoms with Gasteiger partial charge in [-0.15, -0.1) is 0 Å². The SMILES string of the molecule is CC(C)C(C)C(=O)NN(C)C. The summed E-state index contributed by atoms with van der Waals surface area (Å²) in [6.45, 7) is 6.02. The predicted octanol–water partition coefficient (Wildman–Crippen LogP) is 0.871. The third-order valence-electron chi connectivity index (χ3n) is 1.75. The standard InChI is InChI=1S/C8H18N2O/c1-6(2)7(3)8(11)9-10(4)5/h6-7H,1-5H3,(H,9,11). The molecular weight excluding hydrogens is 140 g/mol. The molecule has 3 nitrogen and oxygen atoms in total. The molecule has 1 atom stereocenters. The molecule has 0 saturated heterocycles. The molecule has 0 bridgehead atoms. The van der Waals surface area contributed by atoms with Crippen LogP contribution in [0.4, 0.5) is 0 Å². The van der Waals surface area contributed by atoms with Gasteiger partial charge in [-0.1, -0.05) is 20.8 Å². The van der Waals surface area contributed by atoms with Crippen LogP contribution in [0.5, 0.6) is 0 Å². The Morgan fingerprint density at radius 2 is 1.73 bits per heavy atom. The number of rotatable bonds is 3. The molecule has 0 fully saturated rings. The number of carbonyl (C=O) groups is 1. The third kappa shape index (κ3) is 3.98. The van der Waals surface area contributed by atoms with E-state index in [1.165, 1.54) is 0 Å². The Balaban J connectivity index is 3.83. The number of hydrazine groups is 1. The van der Waals surface area contributed by atoms with E-state index in [0.717, 1.165) is 0 Å². The smallest absolute Gasteiger partial charge is 0.237 e. The number of amides is 1. The van der Waals surface area contributed by atoms with E-state index in [1.807, 2.05) is 34.9 Å². The van der Waals surface area contributed by atoms with Crippen molar-refractivity contribution < 1.29 is 4.79 Å². The van der Waals surface area contributed by atoms with Gasteiger partial charge in [0.25, 0.3) is 0 Å². The molecule has 1 N–H and O–H groups in total. The minimum Gasteiger partial charge on any atom is -0.289 e. The van der Waals surface area contributed by atoms with Crippen LogP contribution in [0.25, 0.3) is 0 Å². The van der Waals surface area contributed by atoms with E-state index in [1.54, 1.807) is 5.01 Å². The maximum atomic E-state index is 11.2. The highest BCUT2D eigenvalue weighted by Gasteiger charge is 2.16. The molecule has 0 heterocycles. The molecule has 0 spiro atoms.